The maximum Gasteiger partial charge on any atom is 0.233 e. The van der Waals surface area contributed by atoms with Gasteiger partial charge in [-0.05, 0) is 49.1 Å². The second-order valence-electron chi connectivity index (χ2n) is 6.16. The van der Waals surface area contributed by atoms with Crippen molar-refractivity contribution in [1.29, 1.82) is 0 Å². The Hall–Kier alpha value is -2.62. The van der Waals surface area contributed by atoms with Gasteiger partial charge in [0.2, 0.25) is 5.91 Å². The number of nitrogens with zero attached hydrogens (tertiary/aromatic N) is 3. The number of carbonyl (C=O) groups excluding carboxylic acids is 1. The highest BCUT2D eigenvalue weighted by Gasteiger charge is 2.22. The smallest absolute Gasteiger partial charge is 0.233 e. The summed E-state index contributed by atoms with van der Waals surface area (Å²) in [4.78, 5) is 19.2. The fourth-order valence-electron chi connectivity index (χ4n) is 3.26. The third kappa shape index (κ3) is 2.61. The van der Waals surface area contributed by atoms with E-state index in [1.807, 2.05) is 58.9 Å². The summed E-state index contributed by atoms with van der Waals surface area (Å²) in [5.74, 6) is 0.122. The van der Waals surface area contributed by atoms with Crippen LogP contribution in [0.5, 0.6) is 0 Å². The molecule has 4 rings (SSSR count). The Morgan fingerprint density at radius 2 is 2.13 bits per heavy atom. The molecule has 0 N–H and O–H groups in total. The summed E-state index contributed by atoms with van der Waals surface area (Å²) >= 11 is 0. The minimum atomic E-state index is 0.122. The molecule has 0 fully saturated rings. The zero-order chi connectivity index (χ0) is 15.8. The van der Waals surface area contributed by atoms with Crippen molar-refractivity contribution in [2.24, 2.45) is 0 Å². The molecule has 2 aromatic heterocycles. The first-order chi connectivity index (χ1) is 11.2. The van der Waals surface area contributed by atoms with E-state index in [9.17, 15) is 4.79 Å². The van der Waals surface area contributed by atoms with E-state index in [2.05, 4.69) is 11.1 Å². The first-order valence-corrected chi connectivity index (χ1v) is 8.03. The average Bonchev–Trinajstić information content (AvgIpc) is 2.95. The van der Waals surface area contributed by atoms with Crippen LogP contribution >= 0.6 is 0 Å². The number of hydrogen-bond acceptors (Lipinski definition) is 2. The molecule has 0 saturated carbocycles. The van der Waals surface area contributed by atoms with Crippen LogP contribution in [0.25, 0.3) is 5.65 Å². The number of aryl methyl sites for hydroxylation is 2. The average molecular weight is 305 g/mol. The molecule has 0 spiro atoms. The highest BCUT2D eigenvalue weighted by atomic mass is 16.2. The van der Waals surface area contributed by atoms with Crippen molar-refractivity contribution in [2.75, 3.05) is 11.4 Å². The zero-order valence-electron chi connectivity index (χ0n) is 13.2. The van der Waals surface area contributed by atoms with Crippen LogP contribution in [0.15, 0.2) is 48.8 Å². The van der Waals surface area contributed by atoms with Crippen molar-refractivity contribution >= 4 is 17.2 Å². The van der Waals surface area contributed by atoms with Gasteiger partial charge in [-0.1, -0.05) is 18.2 Å². The van der Waals surface area contributed by atoms with Crippen LogP contribution in [-0.4, -0.2) is 21.8 Å². The number of para-hydroxylation sites is 1. The molecule has 0 aliphatic carbocycles. The maximum absolute atomic E-state index is 12.8. The summed E-state index contributed by atoms with van der Waals surface area (Å²) in [6.45, 7) is 2.84. The summed E-state index contributed by atoms with van der Waals surface area (Å²) in [5, 5.41) is 0. The van der Waals surface area contributed by atoms with E-state index < -0.39 is 0 Å². The zero-order valence-corrected chi connectivity index (χ0v) is 13.2. The van der Waals surface area contributed by atoms with E-state index in [1.54, 1.807) is 0 Å². The van der Waals surface area contributed by atoms with E-state index in [-0.39, 0.29) is 5.91 Å². The molecule has 3 aromatic rings. The van der Waals surface area contributed by atoms with Gasteiger partial charge in [-0.15, -0.1) is 0 Å². The highest BCUT2D eigenvalue weighted by Crippen LogP contribution is 2.27. The molecule has 0 bridgehead atoms. The lowest BCUT2D eigenvalue weighted by Crippen LogP contribution is -2.36. The number of benzene rings is 1. The molecule has 1 aromatic carbocycles. The van der Waals surface area contributed by atoms with Crippen molar-refractivity contribution in [3.05, 3.63) is 65.6 Å². The van der Waals surface area contributed by atoms with Crippen molar-refractivity contribution < 1.29 is 4.79 Å². The lowest BCUT2D eigenvalue weighted by Gasteiger charge is -2.29. The van der Waals surface area contributed by atoms with Gasteiger partial charge in [0.15, 0.2) is 0 Å². The van der Waals surface area contributed by atoms with Crippen LogP contribution in [0.3, 0.4) is 0 Å². The summed E-state index contributed by atoms with van der Waals surface area (Å²) in [7, 11) is 0. The Morgan fingerprint density at radius 3 is 3.04 bits per heavy atom. The Bertz CT molecular complexity index is 881. The number of carbonyl (C=O) groups is 1. The molecule has 116 valence electrons. The van der Waals surface area contributed by atoms with Crippen molar-refractivity contribution in [1.82, 2.24) is 9.38 Å². The van der Waals surface area contributed by atoms with Gasteiger partial charge in [-0.2, -0.15) is 0 Å². The number of pyridine rings is 1. The van der Waals surface area contributed by atoms with Crippen LogP contribution in [0.2, 0.25) is 0 Å². The largest absolute Gasteiger partial charge is 0.312 e. The molecule has 0 unspecified atom stereocenters. The van der Waals surface area contributed by atoms with Gasteiger partial charge in [-0.3, -0.25) is 4.79 Å². The number of imidazole rings is 1. The van der Waals surface area contributed by atoms with Gasteiger partial charge in [-0.25, -0.2) is 4.98 Å². The molecule has 0 atom stereocenters. The van der Waals surface area contributed by atoms with Gasteiger partial charge < -0.3 is 9.30 Å². The number of fused-ring (bicyclic) bond motifs is 2. The van der Waals surface area contributed by atoms with Crippen molar-refractivity contribution in [2.45, 2.75) is 26.2 Å². The van der Waals surface area contributed by atoms with Gasteiger partial charge in [0, 0.05) is 24.6 Å². The second kappa shape index (κ2) is 5.54. The Kier molecular flexibility index (Phi) is 3.37. The van der Waals surface area contributed by atoms with Gasteiger partial charge in [0.1, 0.15) is 5.65 Å². The topological polar surface area (TPSA) is 37.6 Å². The van der Waals surface area contributed by atoms with Gasteiger partial charge in [0.25, 0.3) is 0 Å². The van der Waals surface area contributed by atoms with E-state index in [0.717, 1.165) is 36.4 Å². The van der Waals surface area contributed by atoms with Crippen molar-refractivity contribution in [3.8, 4) is 0 Å². The predicted octanol–water partition coefficient (Wildman–Crippen LogP) is 3.16. The molecule has 4 nitrogen and oxygen atoms in total. The van der Waals surface area contributed by atoms with Gasteiger partial charge in [0.05, 0.1) is 12.1 Å². The fraction of sp³-hybridized carbons (Fsp3) is 0.263. The summed E-state index contributed by atoms with van der Waals surface area (Å²) < 4.78 is 1.97. The Morgan fingerprint density at radius 1 is 1.26 bits per heavy atom. The molecule has 23 heavy (non-hydrogen) atoms. The standard InChI is InChI=1S/C19H19N3O/c1-14-8-10-21-13-16(20-18(21)11-14)12-19(23)22-9-4-6-15-5-2-3-7-17(15)22/h2-3,5,7-8,10-11,13H,4,6,9,12H2,1H3. The Balaban J connectivity index is 1.60. The predicted molar refractivity (Wildman–Crippen MR) is 90.7 cm³/mol. The number of rotatable bonds is 2. The van der Waals surface area contributed by atoms with Gasteiger partial charge >= 0.3 is 0 Å². The lowest BCUT2D eigenvalue weighted by atomic mass is 10.0. The summed E-state index contributed by atoms with van der Waals surface area (Å²) in [6, 6.07) is 12.3. The van der Waals surface area contributed by atoms with Crippen molar-refractivity contribution in [3.63, 3.8) is 0 Å². The normalized spacial score (nSPS) is 14.0. The lowest BCUT2D eigenvalue weighted by molar-refractivity contribution is -0.118. The van der Waals surface area contributed by atoms with Crippen LogP contribution in [-0.2, 0) is 17.6 Å². The summed E-state index contributed by atoms with van der Waals surface area (Å²) in [5.41, 5.74) is 5.21. The molecule has 4 heteroatoms. The van der Waals surface area contributed by atoms with Crippen LogP contribution < -0.4 is 4.90 Å². The maximum atomic E-state index is 12.8. The quantitative estimate of drug-likeness (QED) is 0.729. The highest BCUT2D eigenvalue weighted by molar-refractivity contribution is 5.95. The van der Waals surface area contributed by atoms with Crippen LogP contribution in [0.1, 0.15) is 23.2 Å². The Labute approximate surface area is 135 Å². The van der Waals surface area contributed by atoms with Crippen LogP contribution in [0.4, 0.5) is 5.69 Å². The SMILES string of the molecule is Cc1ccn2cc(CC(=O)N3CCCc4ccccc43)nc2c1. The third-order valence-electron chi connectivity index (χ3n) is 4.41. The number of aromatic nitrogens is 2. The minimum Gasteiger partial charge on any atom is -0.312 e. The third-order valence-corrected chi connectivity index (χ3v) is 4.41. The molecule has 0 radical (unpaired) electrons. The first-order valence-electron chi connectivity index (χ1n) is 8.03. The molecular formula is C19H19N3O. The molecule has 0 saturated heterocycles. The minimum absolute atomic E-state index is 0.122. The van der Waals surface area contributed by atoms with Crippen LogP contribution in [0, 0.1) is 6.92 Å². The van der Waals surface area contributed by atoms with E-state index in [1.165, 1.54) is 11.1 Å². The second-order valence-corrected chi connectivity index (χ2v) is 6.16. The molecule has 1 aliphatic heterocycles. The van der Waals surface area contributed by atoms with E-state index >= 15 is 0 Å². The monoisotopic (exact) mass is 305 g/mol. The molecule has 1 amide bonds. The fourth-order valence-corrected chi connectivity index (χ4v) is 3.26. The number of anilines is 1. The number of hydrogen-bond donors (Lipinski definition) is 0. The first kappa shape index (κ1) is 14.0. The molecule has 1 aliphatic rings. The molecular weight excluding hydrogens is 286 g/mol. The van der Waals surface area contributed by atoms with E-state index in [4.69, 9.17) is 0 Å². The number of amides is 1. The van der Waals surface area contributed by atoms with E-state index in [0.29, 0.717) is 6.42 Å². The summed E-state index contributed by atoms with van der Waals surface area (Å²) in [6.07, 6.45) is 6.35. The molecule has 3 heterocycles.